The van der Waals surface area contributed by atoms with Crippen molar-refractivity contribution in [3.05, 3.63) is 22.6 Å². The Morgan fingerprint density at radius 3 is 3.00 bits per heavy atom. The highest BCUT2D eigenvalue weighted by Gasteiger charge is 2.30. The van der Waals surface area contributed by atoms with E-state index in [1.54, 1.807) is 0 Å². The Morgan fingerprint density at radius 2 is 2.33 bits per heavy atom. The molecule has 3 rings (SSSR count). The van der Waals surface area contributed by atoms with E-state index in [2.05, 4.69) is 32.4 Å². The number of pyridine rings is 1. The second-order valence-electron chi connectivity index (χ2n) is 5.02. The van der Waals surface area contributed by atoms with Crippen molar-refractivity contribution in [1.82, 2.24) is 14.5 Å². The second kappa shape index (κ2) is 4.63. The first-order valence-corrected chi connectivity index (χ1v) is 7.25. The Balaban J connectivity index is 2.09. The summed E-state index contributed by atoms with van der Waals surface area (Å²) in [4.78, 5) is 9.23. The van der Waals surface area contributed by atoms with Gasteiger partial charge in [0.15, 0.2) is 5.65 Å². The zero-order chi connectivity index (χ0) is 12.7. The number of hydrogen-bond acceptors (Lipinski definition) is 3. The molecule has 0 saturated heterocycles. The van der Waals surface area contributed by atoms with E-state index in [1.165, 1.54) is 18.7 Å². The molecule has 1 aliphatic rings. The molecule has 0 bridgehead atoms. The zero-order valence-electron chi connectivity index (χ0n) is 10.4. The van der Waals surface area contributed by atoms with Gasteiger partial charge in [-0.05, 0) is 41.3 Å². The van der Waals surface area contributed by atoms with Gasteiger partial charge in [-0.15, -0.1) is 0 Å². The molecule has 0 radical (unpaired) electrons. The fraction of sp³-hybridized carbons (Fsp3) is 0.538. The molecule has 1 saturated carbocycles. The molecule has 5 heteroatoms. The third-order valence-electron chi connectivity index (χ3n) is 3.47. The normalized spacial score (nSPS) is 17.3. The van der Waals surface area contributed by atoms with Crippen molar-refractivity contribution in [3.63, 3.8) is 0 Å². The Kier molecular flexibility index (Phi) is 3.11. The van der Waals surface area contributed by atoms with E-state index in [-0.39, 0.29) is 6.04 Å². The molecule has 0 amide bonds. The van der Waals surface area contributed by atoms with Crippen LogP contribution in [0.5, 0.6) is 0 Å². The van der Waals surface area contributed by atoms with E-state index in [1.807, 2.05) is 12.3 Å². The molecule has 18 heavy (non-hydrogen) atoms. The molecule has 2 aromatic rings. The molecular weight excluding hydrogens is 292 g/mol. The number of halogens is 1. The minimum atomic E-state index is 0.172. The summed E-state index contributed by atoms with van der Waals surface area (Å²) in [6.45, 7) is 2.93. The number of imidazole rings is 1. The van der Waals surface area contributed by atoms with Gasteiger partial charge in [-0.1, -0.05) is 6.92 Å². The monoisotopic (exact) mass is 308 g/mol. The van der Waals surface area contributed by atoms with Gasteiger partial charge in [-0.3, -0.25) is 0 Å². The quantitative estimate of drug-likeness (QED) is 0.945. The summed E-state index contributed by atoms with van der Waals surface area (Å²) in [6, 6.07) is 2.20. The van der Waals surface area contributed by atoms with Crippen LogP contribution in [0.15, 0.2) is 16.7 Å². The zero-order valence-corrected chi connectivity index (χ0v) is 12.0. The van der Waals surface area contributed by atoms with Gasteiger partial charge < -0.3 is 10.3 Å². The lowest BCUT2D eigenvalue weighted by atomic mass is 10.2. The first kappa shape index (κ1) is 12.1. The fourth-order valence-corrected chi connectivity index (χ4v) is 2.52. The van der Waals surface area contributed by atoms with Gasteiger partial charge >= 0.3 is 0 Å². The minimum Gasteiger partial charge on any atom is -0.326 e. The lowest BCUT2D eigenvalue weighted by Gasteiger charge is -2.12. The van der Waals surface area contributed by atoms with Gasteiger partial charge in [0.05, 0.1) is 0 Å². The van der Waals surface area contributed by atoms with Crippen LogP contribution >= 0.6 is 15.9 Å². The van der Waals surface area contributed by atoms with Crippen LogP contribution in [-0.2, 0) is 6.54 Å². The van der Waals surface area contributed by atoms with Crippen molar-refractivity contribution in [3.8, 4) is 0 Å². The number of fused-ring (bicyclic) bond motifs is 1. The molecule has 2 aromatic heterocycles. The van der Waals surface area contributed by atoms with Gasteiger partial charge in [0, 0.05) is 29.2 Å². The van der Waals surface area contributed by atoms with Crippen LogP contribution in [0.2, 0.25) is 0 Å². The van der Waals surface area contributed by atoms with Crippen molar-refractivity contribution in [2.75, 3.05) is 0 Å². The molecule has 0 spiro atoms. The first-order valence-electron chi connectivity index (χ1n) is 6.46. The van der Waals surface area contributed by atoms with Gasteiger partial charge in [0.25, 0.3) is 0 Å². The first-order chi connectivity index (χ1) is 8.69. The maximum absolute atomic E-state index is 6.09. The van der Waals surface area contributed by atoms with Crippen LogP contribution in [0.25, 0.3) is 11.2 Å². The van der Waals surface area contributed by atoms with E-state index < -0.39 is 0 Å². The van der Waals surface area contributed by atoms with Crippen LogP contribution in [0.1, 0.15) is 37.9 Å². The van der Waals surface area contributed by atoms with E-state index >= 15 is 0 Å². The third-order valence-corrected chi connectivity index (χ3v) is 3.90. The Labute approximate surface area is 115 Å². The number of hydrogen-bond donors (Lipinski definition) is 1. The SMILES string of the molecule is CCC(N)Cn1c(C2CC2)nc2cc(Br)cnc21. The smallest absolute Gasteiger partial charge is 0.160 e. The molecule has 4 nitrogen and oxygen atoms in total. The van der Waals surface area contributed by atoms with E-state index in [4.69, 9.17) is 10.7 Å². The van der Waals surface area contributed by atoms with Gasteiger partial charge in [-0.25, -0.2) is 9.97 Å². The summed E-state index contributed by atoms with van der Waals surface area (Å²) >= 11 is 3.45. The van der Waals surface area contributed by atoms with Crippen LogP contribution < -0.4 is 5.73 Å². The summed E-state index contributed by atoms with van der Waals surface area (Å²) in [5.74, 6) is 1.78. The van der Waals surface area contributed by atoms with Crippen molar-refractivity contribution in [2.45, 2.75) is 44.7 Å². The molecule has 96 valence electrons. The highest BCUT2D eigenvalue weighted by atomic mass is 79.9. The Hall–Kier alpha value is -0.940. The van der Waals surface area contributed by atoms with E-state index in [9.17, 15) is 0 Å². The summed E-state index contributed by atoms with van der Waals surface area (Å²) in [6.07, 6.45) is 5.28. The summed E-state index contributed by atoms with van der Waals surface area (Å²) in [5, 5.41) is 0. The van der Waals surface area contributed by atoms with Gasteiger partial charge in [0.2, 0.25) is 0 Å². The predicted octanol–water partition coefficient (Wildman–Crippen LogP) is 2.81. The number of nitrogens with zero attached hydrogens (tertiary/aromatic N) is 3. The number of rotatable bonds is 4. The Bertz CT molecular complexity index is 574. The lowest BCUT2D eigenvalue weighted by molar-refractivity contribution is 0.530. The maximum atomic E-state index is 6.09. The van der Waals surface area contributed by atoms with Crippen LogP contribution in [0.3, 0.4) is 0 Å². The van der Waals surface area contributed by atoms with E-state index in [0.717, 1.165) is 28.6 Å². The van der Waals surface area contributed by atoms with Crippen LogP contribution in [0.4, 0.5) is 0 Å². The van der Waals surface area contributed by atoms with Crippen LogP contribution in [0, 0.1) is 0 Å². The van der Waals surface area contributed by atoms with Gasteiger partial charge in [-0.2, -0.15) is 0 Å². The molecule has 0 aromatic carbocycles. The molecule has 2 heterocycles. The largest absolute Gasteiger partial charge is 0.326 e. The number of nitrogens with two attached hydrogens (primary N) is 1. The third kappa shape index (κ3) is 2.17. The molecule has 1 aliphatic carbocycles. The topological polar surface area (TPSA) is 56.7 Å². The van der Waals surface area contributed by atoms with Crippen molar-refractivity contribution in [2.24, 2.45) is 5.73 Å². The lowest BCUT2D eigenvalue weighted by Crippen LogP contribution is -2.26. The maximum Gasteiger partial charge on any atom is 0.160 e. The minimum absolute atomic E-state index is 0.172. The molecule has 2 N–H and O–H groups in total. The highest BCUT2D eigenvalue weighted by Crippen LogP contribution is 2.40. The molecule has 1 fully saturated rings. The van der Waals surface area contributed by atoms with Crippen molar-refractivity contribution >= 4 is 27.1 Å². The highest BCUT2D eigenvalue weighted by molar-refractivity contribution is 9.10. The summed E-state index contributed by atoms with van der Waals surface area (Å²) in [7, 11) is 0. The van der Waals surface area contributed by atoms with Crippen molar-refractivity contribution < 1.29 is 0 Å². The molecule has 1 atom stereocenters. The fourth-order valence-electron chi connectivity index (χ4n) is 2.20. The van der Waals surface area contributed by atoms with Crippen molar-refractivity contribution in [1.29, 1.82) is 0 Å². The van der Waals surface area contributed by atoms with E-state index in [0.29, 0.717) is 5.92 Å². The standard InChI is InChI=1S/C13H17BrN4/c1-2-10(15)7-18-12(8-3-4-8)17-11-5-9(14)6-16-13(11)18/h5-6,8,10H,2-4,7,15H2,1H3. The molecular formula is C13H17BrN4. The molecule has 0 aliphatic heterocycles. The number of aromatic nitrogens is 3. The second-order valence-corrected chi connectivity index (χ2v) is 5.94. The van der Waals surface area contributed by atoms with Crippen LogP contribution in [-0.4, -0.2) is 20.6 Å². The average Bonchev–Trinajstić information content (AvgIpc) is 3.14. The van der Waals surface area contributed by atoms with Gasteiger partial charge in [0.1, 0.15) is 11.3 Å². The summed E-state index contributed by atoms with van der Waals surface area (Å²) < 4.78 is 3.19. The predicted molar refractivity (Wildman–Crippen MR) is 75.5 cm³/mol. The average molecular weight is 309 g/mol. The Morgan fingerprint density at radius 1 is 1.56 bits per heavy atom. The molecule has 1 unspecified atom stereocenters. The summed E-state index contributed by atoms with van der Waals surface area (Å²) in [5.41, 5.74) is 8.02.